The third-order valence-corrected chi connectivity index (χ3v) is 2.10. The maximum absolute atomic E-state index is 8.52. The zero-order valence-electron chi connectivity index (χ0n) is 6.42. The monoisotopic (exact) mass is 140 g/mol. The van der Waals surface area contributed by atoms with Crippen molar-refractivity contribution in [2.24, 2.45) is 5.92 Å². The molecule has 0 saturated carbocycles. The van der Waals surface area contributed by atoms with Crippen LogP contribution in [0, 0.1) is 5.92 Å². The van der Waals surface area contributed by atoms with Crippen molar-refractivity contribution in [3.05, 3.63) is 12.2 Å². The topological polar surface area (TPSA) is 20.2 Å². The van der Waals surface area contributed by atoms with Gasteiger partial charge in [0.2, 0.25) is 0 Å². The van der Waals surface area contributed by atoms with E-state index in [2.05, 4.69) is 12.2 Å². The zero-order chi connectivity index (χ0) is 7.23. The maximum Gasteiger partial charge on any atom is 0.0431 e. The van der Waals surface area contributed by atoms with Crippen LogP contribution in [0.3, 0.4) is 0 Å². The molecule has 0 aromatic carbocycles. The van der Waals surface area contributed by atoms with Crippen molar-refractivity contribution in [3.63, 3.8) is 0 Å². The fourth-order valence-electron chi connectivity index (χ4n) is 1.45. The third kappa shape index (κ3) is 2.53. The Bertz CT molecular complexity index is 107. The van der Waals surface area contributed by atoms with Gasteiger partial charge in [-0.15, -0.1) is 0 Å². The minimum atomic E-state index is 0.358. The number of unbranched alkanes of at least 4 members (excludes halogenated alkanes) is 1. The van der Waals surface area contributed by atoms with Gasteiger partial charge in [-0.1, -0.05) is 18.6 Å². The van der Waals surface area contributed by atoms with Crippen molar-refractivity contribution in [1.29, 1.82) is 0 Å². The van der Waals surface area contributed by atoms with Crippen LogP contribution in [-0.2, 0) is 0 Å². The van der Waals surface area contributed by atoms with E-state index >= 15 is 0 Å². The number of allylic oxidation sites excluding steroid dienone is 2. The van der Waals surface area contributed by atoms with Gasteiger partial charge in [0.1, 0.15) is 0 Å². The second-order valence-electron chi connectivity index (χ2n) is 2.98. The summed E-state index contributed by atoms with van der Waals surface area (Å²) in [7, 11) is 0. The molecule has 1 aliphatic rings. The van der Waals surface area contributed by atoms with Gasteiger partial charge in [0, 0.05) is 6.61 Å². The normalized spacial score (nSPS) is 23.9. The second kappa shape index (κ2) is 4.51. The Morgan fingerprint density at radius 2 is 2.30 bits per heavy atom. The van der Waals surface area contributed by atoms with Gasteiger partial charge in [0.25, 0.3) is 0 Å². The van der Waals surface area contributed by atoms with Crippen LogP contribution in [0.5, 0.6) is 0 Å². The van der Waals surface area contributed by atoms with Crippen molar-refractivity contribution in [1.82, 2.24) is 0 Å². The summed E-state index contributed by atoms with van der Waals surface area (Å²) in [4.78, 5) is 0. The standard InChI is InChI=1S/C9H16O/c10-8-4-3-7-9-5-1-2-6-9/h1,5,9-10H,2-4,6-8H2. The predicted octanol–water partition coefficient (Wildman–Crippen LogP) is 2.12. The molecule has 1 aliphatic carbocycles. The Morgan fingerprint density at radius 3 is 2.90 bits per heavy atom. The van der Waals surface area contributed by atoms with E-state index in [-0.39, 0.29) is 0 Å². The van der Waals surface area contributed by atoms with Crippen LogP contribution in [0.2, 0.25) is 0 Å². The molecule has 58 valence electrons. The number of hydrogen-bond donors (Lipinski definition) is 1. The summed E-state index contributed by atoms with van der Waals surface area (Å²) in [5.74, 6) is 0.826. The molecular formula is C9H16O. The summed E-state index contributed by atoms with van der Waals surface area (Å²) >= 11 is 0. The molecule has 0 fully saturated rings. The van der Waals surface area contributed by atoms with E-state index < -0.39 is 0 Å². The van der Waals surface area contributed by atoms with Gasteiger partial charge >= 0.3 is 0 Å². The Morgan fingerprint density at radius 1 is 1.40 bits per heavy atom. The van der Waals surface area contributed by atoms with Gasteiger partial charge in [-0.3, -0.25) is 0 Å². The van der Waals surface area contributed by atoms with Crippen LogP contribution in [-0.4, -0.2) is 11.7 Å². The molecule has 0 aromatic heterocycles. The van der Waals surface area contributed by atoms with Crippen molar-refractivity contribution in [2.75, 3.05) is 6.61 Å². The Balaban J connectivity index is 1.97. The van der Waals surface area contributed by atoms with Crippen LogP contribution in [0.25, 0.3) is 0 Å². The summed E-state index contributed by atoms with van der Waals surface area (Å²) in [6.07, 6.45) is 10.6. The first-order chi connectivity index (χ1) is 4.93. The van der Waals surface area contributed by atoms with E-state index in [0.29, 0.717) is 6.61 Å². The molecule has 0 amide bonds. The molecule has 1 heteroatoms. The van der Waals surface area contributed by atoms with Crippen LogP contribution >= 0.6 is 0 Å². The third-order valence-electron chi connectivity index (χ3n) is 2.10. The first kappa shape index (κ1) is 7.80. The highest BCUT2D eigenvalue weighted by Gasteiger charge is 2.07. The van der Waals surface area contributed by atoms with Gasteiger partial charge in [0.05, 0.1) is 0 Å². The second-order valence-corrected chi connectivity index (χ2v) is 2.98. The molecule has 0 heterocycles. The molecule has 1 rings (SSSR count). The Labute approximate surface area is 62.8 Å². The van der Waals surface area contributed by atoms with E-state index in [0.717, 1.165) is 12.3 Å². The molecular weight excluding hydrogens is 124 g/mol. The average Bonchev–Trinajstić information content (AvgIpc) is 2.41. The van der Waals surface area contributed by atoms with E-state index in [1.165, 1.54) is 25.7 Å². The van der Waals surface area contributed by atoms with Gasteiger partial charge in [-0.05, 0) is 31.6 Å². The highest BCUT2D eigenvalue weighted by molar-refractivity contribution is 4.95. The van der Waals surface area contributed by atoms with E-state index in [4.69, 9.17) is 5.11 Å². The Hall–Kier alpha value is -0.300. The molecule has 1 atom stereocenters. The lowest BCUT2D eigenvalue weighted by atomic mass is 10.0. The number of hydrogen-bond acceptors (Lipinski definition) is 1. The molecule has 10 heavy (non-hydrogen) atoms. The highest BCUT2D eigenvalue weighted by Crippen LogP contribution is 2.21. The van der Waals surface area contributed by atoms with E-state index in [9.17, 15) is 0 Å². The minimum Gasteiger partial charge on any atom is -0.396 e. The van der Waals surface area contributed by atoms with Crippen LogP contribution in [0.1, 0.15) is 32.1 Å². The quantitative estimate of drug-likeness (QED) is 0.468. The van der Waals surface area contributed by atoms with E-state index in [1.54, 1.807) is 0 Å². The first-order valence-corrected chi connectivity index (χ1v) is 4.21. The average molecular weight is 140 g/mol. The zero-order valence-corrected chi connectivity index (χ0v) is 6.42. The highest BCUT2D eigenvalue weighted by atomic mass is 16.2. The van der Waals surface area contributed by atoms with Crippen LogP contribution in [0.15, 0.2) is 12.2 Å². The fourth-order valence-corrected chi connectivity index (χ4v) is 1.45. The van der Waals surface area contributed by atoms with Crippen LogP contribution in [0.4, 0.5) is 0 Å². The van der Waals surface area contributed by atoms with E-state index in [1.807, 2.05) is 0 Å². The molecule has 0 spiro atoms. The van der Waals surface area contributed by atoms with Crippen molar-refractivity contribution in [2.45, 2.75) is 32.1 Å². The van der Waals surface area contributed by atoms with Crippen molar-refractivity contribution in [3.8, 4) is 0 Å². The SMILES string of the molecule is OCCCCC1C=CCC1. The molecule has 0 radical (unpaired) electrons. The first-order valence-electron chi connectivity index (χ1n) is 4.21. The fraction of sp³-hybridized carbons (Fsp3) is 0.778. The minimum absolute atomic E-state index is 0.358. The number of aliphatic hydroxyl groups is 1. The molecule has 1 N–H and O–H groups in total. The summed E-state index contributed by atoms with van der Waals surface area (Å²) in [6.45, 7) is 0.358. The van der Waals surface area contributed by atoms with Crippen molar-refractivity contribution >= 4 is 0 Å². The lowest BCUT2D eigenvalue weighted by molar-refractivity contribution is 0.280. The summed E-state index contributed by atoms with van der Waals surface area (Å²) in [5.41, 5.74) is 0. The van der Waals surface area contributed by atoms with Gasteiger partial charge < -0.3 is 5.11 Å². The molecule has 0 saturated heterocycles. The molecule has 1 nitrogen and oxygen atoms in total. The lowest BCUT2D eigenvalue weighted by Gasteiger charge is -2.04. The lowest BCUT2D eigenvalue weighted by Crippen LogP contribution is -1.92. The summed E-state index contributed by atoms with van der Waals surface area (Å²) in [6, 6.07) is 0. The van der Waals surface area contributed by atoms with Crippen LogP contribution < -0.4 is 0 Å². The largest absolute Gasteiger partial charge is 0.396 e. The summed E-state index contributed by atoms with van der Waals surface area (Å²) in [5, 5.41) is 8.52. The van der Waals surface area contributed by atoms with Gasteiger partial charge in [-0.25, -0.2) is 0 Å². The molecule has 0 aliphatic heterocycles. The number of aliphatic hydroxyl groups excluding tert-OH is 1. The molecule has 1 unspecified atom stereocenters. The predicted molar refractivity (Wildman–Crippen MR) is 42.8 cm³/mol. The smallest absolute Gasteiger partial charge is 0.0431 e. The maximum atomic E-state index is 8.52. The van der Waals surface area contributed by atoms with Gasteiger partial charge in [-0.2, -0.15) is 0 Å². The molecule has 0 bridgehead atoms. The van der Waals surface area contributed by atoms with Gasteiger partial charge in [0.15, 0.2) is 0 Å². The van der Waals surface area contributed by atoms with Crippen molar-refractivity contribution < 1.29 is 5.11 Å². The Kier molecular flexibility index (Phi) is 3.52. The summed E-state index contributed by atoms with van der Waals surface area (Å²) < 4.78 is 0. The number of rotatable bonds is 4. The molecule has 0 aromatic rings.